The largest absolute Gasteiger partial charge is 0.494 e. The van der Waals surface area contributed by atoms with Crippen molar-refractivity contribution in [2.75, 3.05) is 32.8 Å². The predicted molar refractivity (Wildman–Crippen MR) is 116 cm³/mol. The lowest BCUT2D eigenvalue weighted by atomic mass is 10.2. The molecule has 0 spiro atoms. The van der Waals surface area contributed by atoms with Gasteiger partial charge < -0.3 is 9.64 Å². The van der Waals surface area contributed by atoms with Crippen LogP contribution in [0.3, 0.4) is 0 Å². The Morgan fingerprint density at radius 2 is 1.82 bits per heavy atom. The highest BCUT2D eigenvalue weighted by Gasteiger charge is 2.20. The van der Waals surface area contributed by atoms with E-state index >= 15 is 0 Å². The Morgan fingerprint density at radius 1 is 1.07 bits per heavy atom. The highest BCUT2D eigenvalue weighted by atomic mass is 32.1. The fourth-order valence-corrected chi connectivity index (χ4v) is 3.42. The lowest BCUT2D eigenvalue weighted by Crippen LogP contribution is -2.52. The standard InChI is InChI=1S/C22H27N3O2S/c1-2-15-27-20-10-6-9-19(16-20)21(26)23-22(28)25-13-11-24(12-14-25)17-18-7-4-3-5-8-18/h3-10,16H,2,11-15,17H2,1H3,(H,23,26,28). The molecule has 0 saturated carbocycles. The molecule has 1 saturated heterocycles. The maximum absolute atomic E-state index is 12.5. The number of ether oxygens (including phenoxy) is 1. The predicted octanol–water partition coefficient (Wildman–Crippen LogP) is 3.31. The molecule has 1 aliphatic rings. The van der Waals surface area contributed by atoms with Gasteiger partial charge in [0.25, 0.3) is 5.91 Å². The maximum atomic E-state index is 12.5. The number of carbonyl (C=O) groups excluding carboxylic acids is 1. The second kappa shape index (κ2) is 10.2. The van der Waals surface area contributed by atoms with E-state index in [2.05, 4.69) is 46.3 Å². The van der Waals surface area contributed by atoms with Crippen LogP contribution in [0.5, 0.6) is 5.75 Å². The minimum Gasteiger partial charge on any atom is -0.494 e. The van der Waals surface area contributed by atoms with Crippen molar-refractivity contribution >= 4 is 23.2 Å². The molecule has 0 unspecified atom stereocenters. The smallest absolute Gasteiger partial charge is 0.257 e. The van der Waals surface area contributed by atoms with Gasteiger partial charge in [0.05, 0.1) is 6.61 Å². The molecule has 28 heavy (non-hydrogen) atoms. The van der Waals surface area contributed by atoms with Crippen LogP contribution in [0.2, 0.25) is 0 Å². The Balaban J connectivity index is 1.48. The SMILES string of the molecule is CCCOc1cccc(C(=O)NC(=S)N2CCN(Cc3ccccc3)CC2)c1. The van der Waals surface area contributed by atoms with Crippen molar-refractivity contribution in [2.45, 2.75) is 19.9 Å². The molecule has 1 heterocycles. The van der Waals surface area contributed by atoms with Crippen molar-refractivity contribution in [1.29, 1.82) is 0 Å². The molecule has 3 rings (SSSR count). The molecule has 5 nitrogen and oxygen atoms in total. The summed E-state index contributed by atoms with van der Waals surface area (Å²) in [7, 11) is 0. The van der Waals surface area contributed by atoms with Gasteiger partial charge in [-0.25, -0.2) is 0 Å². The van der Waals surface area contributed by atoms with Crippen molar-refractivity contribution in [3.63, 3.8) is 0 Å². The van der Waals surface area contributed by atoms with Gasteiger partial charge in [0.1, 0.15) is 5.75 Å². The summed E-state index contributed by atoms with van der Waals surface area (Å²) >= 11 is 5.47. The minimum atomic E-state index is -0.196. The fraction of sp³-hybridized carbons (Fsp3) is 0.364. The second-order valence-electron chi connectivity index (χ2n) is 6.88. The summed E-state index contributed by atoms with van der Waals surface area (Å²) in [4.78, 5) is 17.0. The van der Waals surface area contributed by atoms with Gasteiger partial charge in [-0.2, -0.15) is 0 Å². The molecule has 2 aromatic carbocycles. The number of nitrogens with one attached hydrogen (secondary N) is 1. The Bertz CT molecular complexity index is 789. The van der Waals surface area contributed by atoms with Gasteiger partial charge in [-0.3, -0.25) is 15.0 Å². The van der Waals surface area contributed by atoms with Crippen LogP contribution in [0.1, 0.15) is 29.3 Å². The van der Waals surface area contributed by atoms with Crippen LogP contribution in [0.25, 0.3) is 0 Å². The Hall–Kier alpha value is -2.44. The molecule has 0 aromatic heterocycles. The zero-order valence-electron chi connectivity index (χ0n) is 16.3. The summed E-state index contributed by atoms with van der Waals surface area (Å²) < 4.78 is 5.60. The molecule has 1 N–H and O–H groups in total. The van der Waals surface area contributed by atoms with Gasteiger partial charge in [-0.05, 0) is 42.4 Å². The van der Waals surface area contributed by atoms with Crippen molar-refractivity contribution < 1.29 is 9.53 Å². The van der Waals surface area contributed by atoms with E-state index in [4.69, 9.17) is 17.0 Å². The van der Waals surface area contributed by atoms with E-state index < -0.39 is 0 Å². The monoisotopic (exact) mass is 397 g/mol. The molecular weight excluding hydrogens is 370 g/mol. The van der Waals surface area contributed by atoms with Crippen LogP contribution in [0.15, 0.2) is 54.6 Å². The summed E-state index contributed by atoms with van der Waals surface area (Å²) in [5, 5.41) is 3.35. The number of thiocarbonyl (C=S) groups is 1. The van der Waals surface area contributed by atoms with Crippen LogP contribution in [0.4, 0.5) is 0 Å². The Morgan fingerprint density at radius 3 is 2.54 bits per heavy atom. The molecule has 0 bridgehead atoms. The third kappa shape index (κ3) is 5.78. The van der Waals surface area contributed by atoms with Gasteiger partial charge in [-0.1, -0.05) is 43.3 Å². The van der Waals surface area contributed by atoms with Crippen molar-refractivity contribution in [3.8, 4) is 5.75 Å². The van der Waals surface area contributed by atoms with E-state index in [1.165, 1.54) is 5.56 Å². The molecule has 1 amide bonds. The van der Waals surface area contributed by atoms with E-state index in [9.17, 15) is 4.79 Å². The number of carbonyl (C=O) groups is 1. The van der Waals surface area contributed by atoms with Gasteiger partial charge in [0, 0.05) is 38.3 Å². The van der Waals surface area contributed by atoms with Crippen LogP contribution in [0, 0.1) is 0 Å². The third-order valence-corrected chi connectivity index (χ3v) is 5.06. The van der Waals surface area contributed by atoms with E-state index in [-0.39, 0.29) is 5.91 Å². The lowest BCUT2D eigenvalue weighted by molar-refractivity contribution is 0.0968. The summed E-state index contributed by atoms with van der Waals surface area (Å²) in [6.45, 7) is 7.09. The molecule has 2 aromatic rings. The van der Waals surface area contributed by atoms with Gasteiger partial charge in [0.2, 0.25) is 0 Å². The molecule has 148 valence electrons. The normalized spacial score (nSPS) is 14.5. The van der Waals surface area contributed by atoms with E-state index in [1.807, 2.05) is 18.2 Å². The number of hydrogen-bond acceptors (Lipinski definition) is 4. The van der Waals surface area contributed by atoms with Crippen LogP contribution in [-0.2, 0) is 6.54 Å². The van der Waals surface area contributed by atoms with Crippen molar-refractivity contribution in [1.82, 2.24) is 15.1 Å². The Kier molecular flexibility index (Phi) is 7.39. The number of benzene rings is 2. The van der Waals surface area contributed by atoms with E-state index in [0.29, 0.717) is 23.0 Å². The first-order valence-corrected chi connectivity index (χ1v) is 10.2. The molecule has 1 aliphatic heterocycles. The molecular formula is C22H27N3O2S. The number of rotatable bonds is 6. The van der Waals surface area contributed by atoms with E-state index in [0.717, 1.165) is 39.1 Å². The second-order valence-corrected chi connectivity index (χ2v) is 7.27. The average molecular weight is 398 g/mol. The molecule has 0 aliphatic carbocycles. The average Bonchev–Trinajstić information content (AvgIpc) is 2.73. The van der Waals surface area contributed by atoms with Crippen LogP contribution < -0.4 is 10.1 Å². The molecule has 0 radical (unpaired) electrons. The van der Waals surface area contributed by atoms with Gasteiger partial charge >= 0.3 is 0 Å². The van der Waals surface area contributed by atoms with Crippen molar-refractivity contribution in [3.05, 3.63) is 65.7 Å². The van der Waals surface area contributed by atoms with Gasteiger partial charge in [0.15, 0.2) is 5.11 Å². The lowest BCUT2D eigenvalue weighted by Gasteiger charge is -2.36. The van der Waals surface area contributed by atoms with E-state index in [1.54, 1.807) is 12.1 Å². The first-order chi connectivity index (χ1) is 13.7. The molecule has 6 heteroatoms. The van der Waals surface area contributed by atoms with Crippen LogP contribution >= 0.6 is 12.2 Å². The number of nitrogens with zero attached hydrogens (tertiary/aromatic N) is 2. The van der Waals surface area contributed by atoms with Gasteiger partial charge in [-0.15, -0.1) is 0 Å². The summed E-state index contributed by atoms with van der Waals surface area (Å²) in [6.07, 6.45) is 0.927. The zero-order valence-corrected chi connectivity index (χ0v) is 17.1. The third-order valence-electron chi connectivity index (χ3n) is 4.70. The fourth-order valence-electron chi connectivity index (χ4n) is 3.15. The zero-order chi connectivity index (χ0) is 19.8. The summed E-state index contributed by atoms with van der Waals surface area (Å²) in [6, 6.07) is 17.7. The number of amides is 1. The maximum Gasteiger partial charge on any atom is 0.257 e. The summed E-state index contributed by atoms with van der Waals surface area (Å²) in [5.74, 6) is 0.508. The quantitative estimate of drug-likeness (QED) is 0.758. The highest BCUT2D eigenvalue weighted by molar-refractivity contribution is 7.80. The number of piperazine rings is 1. The summed E-state index contributed by atoms with van der Waals surface area (Å²) in [5.41, 5.74) is 1.87. The first kappa shape index (κ1) is 20.3. The number of hydrogen-bond donors (Lipinski definition) is 1. The minimum absolute atomic E-state index is 0.196. The highest BCUT2D eigenvalue weighted by Crippen LogP contribution is 2.14. The first-order valence-electron chi connectivity index (χ1n) is 9.75. The van der Waals surface area contributed by atoms with Crippen molar-refractivity contribution in [2.24, 2.45) is 0 Å². The Labute approximate surface area is 172 Å². The molecule has 0 atom stereocenters. The topological polar surface area (TPSA) is 44.8 Å². The molecule has 1 fully saturated rings. The van der Waals surface area contributed by atoms with Crippen LogP contribution in [-0.4, -0.2) is 53.6 Å².